The highest BCUT2D eigenvalue weighted by Gasteiger charge is 2.13. The van der Waals surface area contributed by atoms with Crippen LogP contribution in [0.3, 0.4) is 0 Å². The molecular weight excluding hydrogens is 379 g/mol. The Balaban J connectivity index is 1.85. The van der Waals surface area contributed by atoms with Gasteiger partial charge in [0.05, 0.1) is 15.2 Å². The highest BCUT2D eigenvalue weighted by atomic mass is 127. The molecule has 1 N–H and O–H groups in total. The van der Waals surface area contributed by atoms with Crippen LogP contribution in [0.5, 0.6) is 0 Å². The molecule has 4 heteroatoms. The standard InChI is InChI=1S/C16H15IN2S/c1-18-14(11-6-8-12(17)9-7-11)10-16-19-13-4-2-3-5-15(13)20-16/h2-9,14,18H,10H2,1H3. The Morgan fingerprint density at radius 2 is 1.90 bits per heavy atom. The van der Waals surface area contributed by atoms with E-state index in [0.29, 0.717) is 6.04 Å². The van der Waals surface area contributed by atoms with E-state index >= 15 is 0 Å². The van der Waals surface area contributed by atoms with Crippen molar-refractivity contribution in [2.45, 2.75) is 12.5 Å². The molecule has 2 nitrogen and oxygen atoms in total. The smallest absolute Gasteiger partial charge is 0.0957 e. The highest BCUT2D eigenvalue weighted by molar-refractivity contribution is 14.1. The van der Waals surface area contributed by atoms with Crippen LogP contribution in [-0.2, 0) is 6.42 Å². The molecule has 0 aliphatic heterocycles. The molecule has 3 rings (SSSR count). The quantitative estimate of drug-likeness (QED) is 0.664. The molecule has 0 radical (unpaired) electrons. The number of hydrogen-bond acceptors (Lipinski definition) is 3. The van der Waals surface area contributed by atoms with Gasteiger partial charge in [0, 0.05) is 16.0 Å². The summed E-state index contributed by atoms with van der Waals surface area (Å²) < 4.78 is 2.53. The number of aromatic nitrogens is 1. The minimum atomic E-state index is 0.313. The molecule has 0 spiro atoms. The molecule has 1 heterocycles. The fraction of sp³-hybridized carbons (Fsp3) is 0.188. The summed E-state index contributed by atoms with van der Waals surface area (Å²) in [5.74, 6) is 0. The summed E-state index contributed by atoms with van der Waals surface area (Å²) in [5, 5.41) is 4.58. The van der Waals surface area contributed by atoms with Gasteiger partial charge >= 0.3 is 0 Å². The lowest BCUT2D eigenvalue weighted by Gasteiger charge is -2.15. The van der Waals surface area contributed by atoms with Crippen molar-refractivity contribution in [1.29, 1.82) is 0 Å². The maximum atomic E-state index is 4.72. The minimum absolute atomic E-state index is 0.313. The number of nitrogens with zero attached hydrogens (tertiary/aromatic N) is 1. The van der Waals surface area contributed by atoms with Gasteiger partial charge in [0.2, 0.25) is 0 Å². The van der Waals surface area contributed by atoms with Crippen LogP contribution < -0.4 is 5.32 Å². The van der Waals surface area contributed by atoms with E-state index < -0.39 is 0 Å². The summed E-state index contributed by atoms with van der Waals surface area (Å²) >= 11 is 4.12. The Bertz CT molecular complexity index is 673. The van der Waals surface area contributed by atoms with Crippen molar-refractivity contribution in [2.75, 3.05) is 7.05 Å². The molecule has 1 aromatic heterocycles. The molecule has 102 valence electrons. The number of nitrogens with one attached hydrogen (secondary N) is 1. The predicted octanol–water partition coefficient (Wildman–Crippen LogP) is 4.40. The van der Waals surface area contributed by atoms with Gasteiger partial charge in [-0.05, 0) is 59.5 Å². The Labute approximate surface area is 136 Å². The van der Waals surface area contributed by atoms with Gasteiger partial charge in [-0.3, -0.25) is 0 Å². The average Bonchev–Trinajstić information content (AvgIpc) is 2.88. The van der Waals surface area contributed by atoms with E-state index in [0.717, 1.165) is 11.9 Å². The summed E-state index contributed by atoms with van der Waals surface area (Å²) in [4.78, 5) is 4.72. The lowest BCUT2D eigenvalue weighted by atomic mass is 10.0. The molecule has 1 unspecified atom stereocenters. The van der Waals surface area contributed by atoms with E-state index in [1.807, 2.05) is 13.1 Å². The number of fused-ring (bicyclic) bond motifs is 1. The maximum absolute atomic E-state index is 4.72. The first-order valence-electron chi connectivity index (χ1n) is 6.53. The largest absolute Gasteiger partial charge is 0.313 e. The van der Waals surface area contributed by atoms with Crippen LogP contribution in [0.25, 0.3) is 10.2 Å². The first-order chi connectivity index (χ1) is 9.76. The van der Waals surface area contributed by atoms with Crippen LogP contribution in [0.15, 0.2) is 48.5 Å². The molecule has 3 aromatic rings. The molecule has 0 fully saturated rings. The first-order valence-corrected chi connectivity index (χ1v) is 8.43. The minimum Gasteiger partial charge on any atom is -0.313 e. The summed E-state index contributed by atoms with van der Waals surface area (Å²) in [6.45, 7) is 0. The number of benzene rings is 2. The van der Waals surface area contributed by atoms with Gasteiger partial charge in [0.1, 0.15) is 0 Å². The molecule has 2 aromatic carbocycles. The fourth-order valence-electron chi connectivity index (χ4n) is 2.26. The number of hydrogen-bond donors (Lipinski definition) is 1. The van der Waals surface area contributed by atoms with E-state index in [1.54, 1.807) is 11.3 Å². The van der Waals surface area contributed by atoms with Crippen LogP contribution >= 0.6 is 33.9 Å². The zero-order valence-corrected chi connectivity index (χ0v) is 14.1. The highest BCUT2D eigenvalue weighted by Crippen LogP contribution is 2.26. The number of rotatable bonds is 4. The van der Waals surface area contributed by atoms with Gasteiger partial charge in [-0.1, -0.05) is 24.3 Å². The second-order valence-electron chi connectivity index (χ2n) is 4.67. The third kappa shape index (κ3) is 3.02. The van der Waals surface area contributed by atoms with E-state index in [1.165, 1.54) is 18.8 Å². The summed E-state index contributed by atoms with van der Waals surface area (Å²) in [6.07, 6.45) is 0.927. The van der Waals surface area contributed by atoms with Crippen molar-refractivity contribution in [2.24, 2.45) is 0 Å². The van der Waals surface area contributed by atoms with Crippen LogP contribution in [0.2, 0.25) is 0 Å². The third-order valence-corrected chi connectivity index (χ3v) is 5.12. The van der Waals surface area contributed by atoms with Crippen LogP contribution in [0.1, 0.15) is 16.6 Å². The zero-order chi connectivity index (χ0) is 13.9. The summed E-state index contributed by atoms with van der Waals surface area (Å²) in [7, 11) is 2.01. The van der Waals surface area contributed by atoms with Crippen LogP contribution in [-0.4, -0.2) is 12.0 Å². The molecule has 0 saturated heterocycles. The maximum Gasteiger partial charge on any atom is 0.0957 e. The van der Waals surface area contributed by atoms with Crippen molar-refractivity contribution >= 4 is 44.1 Å². The van der Waals surface area contributed by atoms with Crippen LogP contribution in [0, 0.1) is 3.57 Å². The second-order valence-corrected chi connectivity index (χ2v) is 7.03. The van der Waals surface area contributed by atoms with Crippen molar-refractivity contribution in [3.05, 3.63) is 62.7 Å². The third-order valence-electron chi connectivity index (χ3n) is 3.34. The topological polar surface area (TPSA) is 24.9 Å². The molecule has 0 amide bonds. The average molecular weight is 394 g/mol. The van der Waals surface area contributed by atoms with Crippen molar-refractivity contribution in [3.63, 3.8) is 0 Å². The summed E-state index contributed by atoms with van der Waals surface area (Å²) in [6, 6.07) is 17.3. The molecule has 20 heavy (non-hydrogen) atoms. The van der Waals surface area contributed by atoms with Crippen molar-refractivity contribution in [3.8, 4) is 0 Å². The first kappa shape index (κ1) is 14.0. The zero-order valence-electron chi connectivity index (χ0n) is 11.1. The number of para-hydroxylation sites is 1. The molecule has 1 atom stereocenters. The molecule has 0 bridgehead atoms. The fourth-order valence-corrected chi connectivity index (χ4v) is 3.64. The van der Waals surface area contributed by atoms with E-state index in [9.17, 15) is 0 Å². The van der Waals surface area contributed by atoms with E-state index in [-0.39, 0.29) is 0 Å². The molecule has 0 saturated carbocycles. The lowest BCUT2D eigenvalue weighted by Crippen LogP contribution is -2.18. The number of halogens is 1. The summed E-state index contributed by atoms with van der Waals surface area (Å²) in [5.41, 5.74) is 2.41. The van der Waals surface area contributed by atoms with Gasteiger partial charge in [0.25, 0.3) is 0 Å². The Hall–Kier alpha value is -0.980. The van der Waals surface area contributed by atoms with Gasteiger partial charge in [0.15, 0.2) is 0 Å². The van der Waals surface area contributed by atoms with Crippen molar-refractivity contribution < 1.29 is 0 Å². The number of thiazole rings is 1. The van der Waals surface area contributed by atoms with Crippen molar-refractivity contribution in [1.82, 2.24) is 10.3 Å². The van der Waals surface area contributed by atoms with E-state index in [4.69, 9.17) is 4.98 Å². The molecular formula is C16H15IN2S. The predicted molar refractivity (Wildman–Crippen MR) is 94.3 cm³/mol. The molecule has 0 aliphatic rings. The monoisotopic (exact) mass is 394 g/mol. The van der Waals surface area contributed by atoms with E-state index in [2.05, 4.69) is 70.4 Å². The normalized spacial score (nSPS) is 12.7. The molecule has 0 aliphatic carbocycles. The van der Waals surface area contributed by atoms with Crippen LogP contribution in [0.4, 0.5) is 0 Å². The Morgan fingerprint density at radius 3 is 2.60 bits per heavy atom. The second kappa shape index (κ2) is 6.20. The Morgan fingerprint density at radius 1 is 1.15 bits per heavy atom. The number of likely N-dealkylation sites (N-methyl/N-ethyl adjacent to an activating group) is 1. The lowest BCUT2D eigenvalue weighted by molar-refractivity contribution is 0.591. The van der Waals surface area contributed by atoms with Gasteiger partial charge < -0.3 is 5.32 Å². The van der Waals surface area contributed by atoms with Gasteiger partial charge in [-0.2, -0.15) is 0 Å². The van der Waals surface area contributed by atoms with Gasteiger partial charge in [-0.25, -0.2) is 4.98 Å². The Kier molecular flexibility index (Phi) is 4.33. The van der Waals surface area contributed by atoms with Gasteiger partial charge in [-0.15, -0.1) is 11.3 Å². The SMILES string of the molecule is CNC(Cc1nc2ccccc2s1)c1ccc(I)cc1.